The first-order valence-corrected chi connectivity index (χ1v) is 6.74. The van der Waals surface area contributed by atoms with Crippen LogP contribution in [0.3, 0.4) is 0 Å². The minimum atomic E-state index is 0.300. The molecule has 0 aliphatic rings. The maximum atomic E-state index is 5.68. The molecule has 4 heteroatoms. The third-order valence-corrected chi connectivity index (χ3v) is 2.81. The first-order chi connectivity index (χ1) is 9.33. The van der Waals surface area contributed by atoms with Gasteiger partial charge in [-0.05, 0) is 31.0 Å². The van der Waals surface area contributed by atoms with Gasteiger partial charge in [-0.2, -0.15) is 4.98 Å². The van der Waals surface area contributed by atoms with Crippen LogP contribution in [0.15, 0.2) is 34.9 Å². The molecule has 0 atom stereocenters. The molecule has 0 aliphatic carbocycles. The second-order valence-electron chi connectivity index (χ2n) is 4.34. The topological polar surface area (TPSA) is 47.3 Å². The van der Waals surface area contributed by atoms with E-state index in [4.69, 9.17) is 9.15 Å². The standard InChI is InChI=1S/C15H20N2O2/c1-3-9-16-10-13-11-18-15(17-13)19-14-8-6-5-7-12(14)4-2/h5-8,11,16H,3-4,9-10H2,1-2H3. The molecule has 19 heavy (non-hydrogen) atoms. The van der Waals surface area contributed by atoms with Crippen molar-refractivity contribution in [2.24, 2.45) is 0 Å². The molecule has 0 radical (unpaired) electrons. The number of para-hydroxylation sites is 1. The van der Waals surface area contributed by atoms with E-state index in [0.29, 0.717) is 12.6 Å². The number of ether oxygens (including phenoxy) is 1. The molecular weight excluding hydrogens is 240 g/mol. The lowest BCUT2D eigenvalue weighted by Crippen LogP contribution is -2.13. The molecule has 0 bridgehead atoms. The first-order valence-electron chi connectivity index (χ1n) is 6.74. The average molecular weight is 260 g/mol. The first kappa shape index (κ1) is 13.6. The molecule has 1 N–H and O–H groups in total. The summed E-state index contributed by atoms with van der Waals surface area (Å²) in [6, 6.07) is 7.92. The number of hydrogen-bond donors (Lipinski definition) is 1. The highest BCUT2D eigenvalue weighted by atomic mass is 16.6. The summed E-state index contributed by atoms with van der Waals surface area (Å²) in [6.45, 7) is 5.90. The van der Waals surface area contributed by atoms with E-state index in [2.05, 4.69) is 24.1 Å². The van der Waals surface area contributed by atoms with Gasteiger partial charge in [0.05, 0.1) is 5.69 Å². The van der Waals surface area contributed by atoms with Crippen molar-refractivity contribution in [2.45, 2.75) is 33.2 Å². The number of benzene rings is 1. The molecule has 1 aromatic heterocycles. The zero-order chi connectivity index (χ0) is 13.5. The third-order valence-electron chi connectivity index (χ3n) is 2.81. The minimum absolute atomic E-state index is 0.300. The van der Waals surface area contributed by atoms with Gasteiger partial charge >= 0.3 is 6.08 Å². The number of rotatable bonds is 7. The van der Waals surface area contributed by atoms with Crippen molar-refractivity contribution in [3.05, 3.63) is 41.8 Å². The lowest BCUT2D eigenvalue weighted by molar-refractivity contribution is 0.328. The molecule has 102 valence electrons. The number of aromatic nitrogens is 1. The van der Waals surface area contributed by atoms with Crippen molar-refractivity contribution in [3.63, 3.8) is 0 Å². The van der Waals surface area contributed by atoms with Crippen LogP contribution < -0.4 is 10.1 Å². The maximum Gasteiger partial charge on any atom is 0.399 e. The van der Waals surface area contributed by atoms with E-state index in [0.717, 1.165) is 36.4 Å². The van der Waals surface area contributed by atoms with Crippen molar-refractivity contribution in [1.82, 2.24) is 10.3 Å². The molecule has 4 nitrogen and oxygen atoms in total. The molecule has 0 spiro atoms. The second kappa shape index (κ2) is 6.95. The van der Waals surface area contributed by atoms with Gasteiger partial charge < -0.3 is 14.5 Å². The molecule has 1 aromatic carbocycles. The van der Waals surface area contributed by atoms with Gasteiger partial charge in [0.1, 0.15) is 12.0 Å². The zero-order valence-corrected chi connectivity index (χ0v) is 11.5. The molecule has 0 saturated heterocycles. The summed E-state index contributed by atoms with van der Waals surface area (Å²) >= 11 is 0. The summed E-state index contributed by atoms with van der Waals surface area (Å²) in [5, 5.41) is 3.27. The van der Waals surface area contributed by atoms with E-state index in [-0.39, 0.29) is 0 Å². The van der Waals surface area contributed by atoms with E-state index in [1.807, 2.05) is 24.3 Å². The number of nitrogens with one attached hydrogen (secondary N) is 1. The fourth-order valence-corrected chi connectivity index (χ4v) is 1.80. The Morgan fingerprint density at radius 1 is 1.26 bits per heavy atom. The zero-order valence-electron chi connectivity index (χ0n) is 11.5. The number of aryl methyl sites for hydroxylation is 1. The smallest absolute Gasteiger partial charge is 0.399 e. The van der Waals surface area contributed by atoms with Crippen LogP contribution in [-0.4, -0.2) is 11.5 Å². The van der Waals surface area contributed by atoms with Gasteiger partial charge in [0.25, 0.3) is 0 Å². The second-order valence-corrected chi connectivity index (χ2v) is 4.34. The third kappa shape index (κ3) is 3.83. The molecule has 0 fully saturated rings. The number of hydrogen-bond acceptors (Lipinski definition) is 4. The molecule has 0 amide bonds. The van der Waals surface area contributed by atoms with Gasteiger partial charge in [0.15, 0.2) is 0 Å². The highest BCUT2D eigenvalue weighted by Gasteiger charge is 2.08. The number of oxazole rings is 1. The Hall–Kier alpha value is -1.81. The van der Waals surface area contributed by atoms with Crippen LogP contribution in [0, 0.1) is 0 Å². The summed E-state index contributed by atoms with van der Waals surface area (Å²) in [6.07, 6.45) is 3.95. The van der Waals surface area contributed by atoms with Crippen LogP contribution in [0.2, 0.25) is 0 Å². The van der Waals surface area contributed by atoms with Crippen LogP contribution in [0.25, 0.3) is 0 Å². The predicted octanol–water partition coefficient (Wildman–Crippen LogP) is 3.53. The van der Waals surface area contributed by atoms with Crippen molar-refractivity contribution in [2.75, 3.05) is 6.54 Å². The Kier molecular flexibility index (Phi) is 4.98. The number of nitrogens with zero attached hydrogens (tertiary/aromatic N) is 1. The van der Waals surface area contributed by atoms with Gasteiger partial charge in [0, 0.05) is 6.54 Å². The van der Waals surface area contributed by atoms with Crippen LogP contribution in [-0.2, 0) is 13.0 Å². The van der Waals surface area contributed by atoms with Gasteiger partial charge in [-0.1, -0.05) is 32.0 Å². The van der Waals surface area contributed by atoms with Crippen molar-refractivity contribution >= 4 is 0 Å². The Morgan fingerprint density at radius 2 is 2.11 bits per heavy atom. The van der Waals surface area contributed by atoms with Crippen molar-refractivity contribution in [1.29, 1.82) is 0 Å². The molecule has 0 saturated carbocycles. The molecule has 2 rings (SSSR count). The van der Waals surface area contributed by atoms with Crippen LogP contribution in [0.1, 0.15) is 31.5 Å². The Labute approximate surface area is 113 Å². The van der Waals surface area contributed by atoms with E-state index < -0.39 is 0 Å². The quantitative estimate of drug-likeness (QED) is 0.774. The Morgan fingerprint density at radius 3 is 2.89 bits per heavy atom. The maximum absolute atomic E-state index is 5.68. The summed E-state index contributed by atoms with van der Waals surface area (Å²) < 4.78 is 11.0. The summed E-state index contributed by atoms with van der Waals surface area (Å²) in [5.74, 6) is 0.805. The molecule has 0 unspecified atom stereocenters. The van der Waals surface area contributed by atoms with Gasteiger partial charge in [-0.25, -0.2) is 0 Å². The summed E-state index contributed by atoms with van der Waals surface area (Å²) in [4.78, 5) is 4.30. The SMILES string of the molecule is CCCNCc1coc(Oc2ccccc2CC)n1. The Balaban J connectivity index is 1.99. The van der Waals surface area contributed by atoms with Gasteiger partial charge in [0.2, 0.25) is 0 Å². The average Bonchev–Trinajstić information content (AvgIpc) is 2.87. The Bertz CT molecular complexity index is 508. The lowest BCUT2D eigenvalue weighted by Gasteiger charge is -2.05. The van der Waals surface area contributed by atoms with Crippen molar-refractivity contribution < 1.29 is 9.15 Å². The molecular formula is C15H20N2O2. The largest absolute Gasteiger partial charge is 0.417 e. The van der Waals surface area contributed by atoms with E-state index in [9.17, 15) is 0 Å². The predicted molar refractivity (Wildman–Crippen MR) is 74.4 cm³/mol. The molecule has 0 aliphatic heterocycles. The monoisotopic (exact) mass is 260 g/mol. The van der Waals surface area contributed by atoms with Gasteiger partial charge in [-0.15, -0.1) is 0 Å². The minimum Gasteiger partial charge on any atom is -0.417 e. The fraction of sp³-hybridized carbons (Fsp3) is 0.400. The summed E-state index contributed by atoms with van der Waals surface area (Å²) in [7, 11) is 0. The molecule has 2 aromatic rings. The van der Waals surface area contributed by atoms with Crippen LogP contribution >= 0.6 is 0 Å². The fourth-order valence-electron chi connectivity index (χ4n) is 1.80. The van der Waals surface area contributed by atoms with Gasteiger partial charge in [-0.3, -0.25) is 0 Å². The summed E-state index contributed by atoms with van der Waals surface area (Å²) in [5.41, 5.74) is 2.00. The normalized spacial score (nSPS) is 10.6. The van der Waals surface area contributed by atoms with E-state index in [1.54, 1.807) is 6.26 Å². The highest BCUT2D eigenvalue weighted by Crippen LogP contribution is 2.24. The lowest BCUT2D eigenvalue weighted by atomic mass is 10.1. The van der Waals surface area contributed by atoms with E-state index >= 15 is 0 Å². The van der Waals surface area contributed by atoms with E-state index in [1.165, 1.54) is 0 Å². The highest BCUT2D eigenvalue weighted by molar-refractivity contribution is 5.34. The van der Waals surface area contributed by atoms with Crippen molar-refractivity contribution in [3.8, 4) is 11.8 Å². The van der Waals surface area contributed by atoms with Crippen LogP contribution in [0.5, 0.6) is 11.8 Å². The molecule has 1 heterocycles. The van der Waals surface area contributed by atoms with Crippen LogP contribution in [0.4, 0.5) is 0 Å².